The van der Waals surface area contributed by atoms with Crippen LogP contribution in [0.3, 0.4) is 0 Å². The van der Waals surface area contributed by atoms with Crippen molar-refractivity contribution in [3.05, 3.63) is 50.0 Å². The van der Waals surface area contributed by atoms with Gasteiger partial charge in [0.15, 0.2) is 0 Å². The van der Waals surface area contributed by atoms with Crippen LogP contribution in [0.2, 0.25) is 20.2 Å². The number of rotatable bonds is 2. The van der Waals surface area contributed by atoms with Crippen molar-refractivity contribution in [3.8, 4) is 11.3 Å². The van der Waals surface area contributed by atoms with Gasteiger partial charge in [0.2, 0.25) is 0 Å². The summed E-state index contributed by atoms with van der Waals surface area (Å²) < 4.78 is 0. The molecule has 0 unspecified atom stereocenters. The fourth-order valence-corrected chi connectivity index (χ4v) is 2.39. The zero-order chi connectivity index (χ0) is 13.3. The molecule has 0 aliphatic carbocycles. The summed E-state index contributed by atoms with van der Waals surface area (Å²) in [4.78, 5) is 4.16. The van der Waals surface area contributed by atoms with E-state index in [4.69, 9.17) is 46.4 Å². The maximum Gasteiger partial charge on any atom is 0.129 e. The van der Waals surface area contributed by atoms with Gasteiger partial charge in [0.25, 0.3) is 0 Å². The smallest absolute Gasteiger partial charge is 0.129 e. The number of aliphatic hydroxyl groups excluding tert-OH is 1. The molecule has 0 amide bonds. The molecule has 0 aliphatic rings. The molecular formula is C12H7Cl4NO. The lowest BCUT2D eigenvalue weighted by molar-refractivity contribution is 0.282. The number of halogens is 4. The lowest BCUT2D eigenvalue weighted by atomic mass is 10.1. The average molecular weight is 323 g/mol. The number of hydrogen-bond acceptors (Lipinski definition) is 2. The second kappa shape index (κ2) is 5.64. The molecule has 0 saturated heterocycles. The molecular weight excluding hydrogens is 316 g/mol. The van der Waals surface area contributed by atoms with Crippen LogP contribution in [0.5, 0.6) is 0 Å². The van der Waals surface area contributed by atoms with E-state index in [1.54, 1.807) is 18.2 Å². The number of nitrogens with zero attached hydrogens (tertiary/aromatic N) is 1. The molecule has 0 aliphatic heterocycles. The Kier molecular flexibility index (Phi) is 4.36. The summed E-state index contributed by atoms with van der Waals surface area (Å²) in [6.45, 7) is -0.181. The highest BCUT2D eigenvalue weighted by Crippen LogP contribution is 2.37. The summed E-state index contributed by atoms with van der Waals surface area (Å²) in [5.74, 6) is 0. The van der Waals surface area contributed by atoms with E-state index in [9.17, 15) is 5.11 Å². The first-order chi connectivity index (χ1) is 8.52. The standard InChI is InChI=1S/C12H7Cl4NO/c13-7-3-8(11(16)9(14)4-7)12-6(5-18)1-2-10(15)17-12/h1-4,18H,5H2. The van der Waals surface area contributed by atoms with Gasteiger partial charge in [-0.05, 0) is 18.2 Å². The minimum Gasteiger partial charge on any atom is -0.392 e. The molecule has 0 bridgehead atoms. The van der Waals surface area contributed by atoms with Crippen molar-refractivity contribution >= 4 is 46.4 Å². The zero-order valence-corrected chi connectivity index (χ0v) is 11.9. The fraction of sp³-hybridized carbons (Fsp3) is 0.0833. The largest absolute Gasteiger partial charge is 0.392 e. The van der Waals surface area contributed by atoms with E-state index in [2.05, 4.69) is 4.98 Å². The van der Waals surface area contributed by atoms with Gasteiger partial charge >= 0.3 is 0 Å². The van der Waals surface area contributed by atoms with Gasteiger partial charge in [-0.25, -0.2) is 4.98 Å². The maximum atomic E-state index is 9.31. The molecule has 2 nitrogen and oxygen atoms in total. The van der Waals surface area contributed by atoms with Crippen LogP contribution in [0.1, 0.15) is 5.56 Å². The minimum atomic E-state index is -0.181. The van der Waals surface area contributed by atoms with Crippen molar-refractivity contribution in [1.82, 2.24) is 4.98 Å². The second-order valence-electron chi connectivity index (χ2n) is 3.55. The van der Waals surface area contributed by atoms with Gasteiger partial charge in [-0.3, -0.25) is 0 Å². The van der Waals surface area contributed by atoms with Crippen molar-refractivity contribution in [2.24, 2.45) is 0 Å². The van der Waals surface area contributed by atoms with Crippen molar-refractivity contribution < 1.29 is 5.11 Å². The summed E-state index contributed by atoms with van der Waals surface area (Å²) in [7, 11) is 0. The Hall–Kier alpha value is -0.510. The van der Waals surface area contributed by atoms with E-state index in [0.717, 1.165) is 0 Å². The molecule has 2 rings (SSSR count). The van der Waals surface area contributed by atoms with Crippen LogP contribution in [0, 0.1) is 0 Å². The van der Waals surface area contributed by atoms with Crippen LogP contribution in [-0.2, 0) is 6.61 Å². The molecule has 0 saturated carbocycles. The van der Waals surface area contributed by atoms with Crippen molar-refractivity contribution in [2.45, 2.75) is 6.61 Å². The van der Waals surface area contributed by atoms with E-state index < -0.39 is 0 Å². The molecule has 1 aromatic carbocycles. The molecule has 1 heterocycles. The predicted molar refractivity (Wildman–Crippen MR) is 75.6 cm³/mol. The van der Waals surface area contributed by atoms with Gasteiger partial charge in [0.05, 0.1) is 22.3 Å². The summed E-state index contributed by atoms with van der Waals surface area (Å²) >= 11 is 23.9. The van der Waals surface area contributed by atoms with Gasteiger partial charge in [-0.15, -0.1) is 0 Å². The molecule has 94 valence electrons. The molecule has 0 radical (unpaired) electrons. The lowest BCUT2D eigenvalue weighted by Gasteiger charge is -2.10. The predicted octanol–water partition coefficient (Wildman–Crippen LogP) is 4.85. The van der Waals surface area contributed by atoms with Crippen molar-refractivity contribution in [1.29, 1.82) is 0 Å². The van der Waals surface area contributed by atoms with Gasteiger partial charge in [-0.1, -0.05) is 52.5 Å². The van der Waals surface area contributed by atoms with E-state index in [1.807, 2.05) is 0 Å². The van der Waals surface area contributed by atoms with Crippen molar-refractivity contribution in [2.75, 3.05) is 0 Å². The highest BCUT2D eigenvalue weighted by molar-refractivity contribution is 6.45. The third kappa shape index (κ3) is 2.73. The SMILES string of the molecule is OCc1ccc(Cl)nc1-c1cc(Cl)cc(Cl)c1Cl. The molecule has 18 heavy (non-hydrogen) atoms. The highest BCUT2D eigenvalue weighted by atomic mass is 35.5. The normalized spacial score (nSPS) is 10.7. The average Bonchev–Trinajstić information content (AvgIpc) is 2.33. The Balaban J connectivity index is 2.72. The minimum absolute atomic E-state index is 0.181. The van der Waals surface area contributed by atoms with Crippen LogP contribution in [-0.4, -0.2) is 10.1 Å². The van der Waals surface area contributed by atoms with Crippen LogP contribution >= 0.6 is 46.4 Å². The number of aliphatic hydroxyl groups is 1. The molecule has 6 heteroatoms. The number of aromatic nitrogens is 1. The van der Waals surface area contributed by atoms with Gasteiger partial charge < -0.3 is 5.11 Å². The van der Waals surface area contributed by atoms with Gasteiger partial charge in [0.1, 0.15) is 5.15 Å². The number of pyridine rings is 1. The van der Waals surface area contributed by atoms with E-state index in [-0.39, 0.29) is 6.61 Å². The first-order valence-corrected chi connectivity index (χ1v) is 6.45. The second-order valence-corrected chi connectivity index (χ2v) is 5.16. The molecule has 0 atom stereocenters. The highest BCUT2D eigenvalue weighted by Gasteiger charge is 2.14. The Morgan fingerprint density at radius 2 is 1.78 bits per heavy atom. The molecule has 1 aromatic heterocycles. The van der Waals surface area contributed by atoms with Crippen LogP contribution in [0.25, 0.3) is 11.3 Å². The third-order valence-electron chi connectivity index (χ3n) is 2.36. The van der Waals surface area contributed by atoms with Crippen molar-refractivity contribution in [3.63, 3.8) is 0 Å². The fourth-order valence-electron chi connectivity index (χ4n) is 1.55. The van der Waals surface area contributed by atoms with Crippen LogP contribution < -0.4 is 0 Å². The Morgan fingerprint density at radius 3 is 2.44 bits per heavy atom. The lowest BCUT2D eigenvalue weighted by Crippen LogP contribution is -1.94. The van der Waals surface area contributed by atoms with Crippen LogP contribution in [0.15, 0.2) is 24.3 Å². The Labute approximate surface area is 124 Å². The molecule has 0 spiro atoms. The topological polar surface area (TPSA) is 33.1 Å². The molecule has 2 aromatic rings. The first kappa shape index (κ1) is 13.9. The summed E-state index contributed by atoms with van der Waals surface area (Å²) in [6.07, 6.45) is 0. The quantitative estimate of drug-likeness (QED) is 0.633. The molecule has 1 N–H and O–H groups in total. The number of hydrogen-bond donors (Lipinski definition) is 1. The summed E-state index contributed by atoms with van der Waals surface area (Å²) in [5, 5.41) is 10.7. The van der Waals surface area contributed by atoms with E-state index >= 15 is 0 Å². The van der Waals surface area contributed by atoms with E-state index in [0.29, 0.717) is 37.0 Å². The van der Waals surface area contributed by atoms with Crippen LogP contribution in [0.4, 0.5) is 0 Å². The zero-order valence-electron chi connectivity index (χ0n) is 8.92. The monoisotopic (exact) mass is 321 g/mol. The number of benzene rings is 1. The first-order valence-electron chi connectivity index (χ1n) is 4.94. The summed E-state index contributed by atoms with van der Waals surface area (Å²) in [6, 6.07) is 6.44. The van der Waals surface area contributed by atoms with E-state index in [1.165, 1.54) is 6.07 Å². The molecule has 0 fully saturated rings. The van der Waals surface area contributed by atoms with Gasteiger partial charge in [-0.2, -0.15) is 0 Å². The third-order valence-corrected chi connectivity index (χ3v) is 3.59. The summed E-state index contributed by atoms with van der Waals surface area (Å²) in [5.41, 5.74) is 1.61. The Bertz CT molecular complexity index is 601. The maximum absolute atomic E-state index is 9.31. The van der Waals surface area contributed by atoms with Gasteiger partial charge in [0, 0.05) is 16.1 Å². The Morgan fingerprint density at radius 1 is 1.06 bits per heavy atom.